The molecule has 6 nitrogen and oxygen atoms in total. The lowest BCUT2D eigenvalue weighted by molar-refractivity contribution is -0.227. The summed E-state index contributed by atoms with van der Waals surface area (Å²) in [5, 5.41) is 0. The predicted molar refractivity (Wildman–Crippen MR) is 45.9 cm³/mol. The van der Waals surface area contributed by atoms with E-state index in [0.717, 1.165) is 0 Å². The molecule has 1 aromatic carbocycles. The van der Waals surface area contributed by atoms with Crippen molar-refractivity contribution in [1.29, 1.82) is 0 Å². The average Bonchev–Trinajstić information content (AvgIpc) is 2.21. The molecule has 1 aromatic rings. The van der Waals surface area contributed by atoms with Crippen LogP contribution >= 0.6 is 0 Å². The fraction of sp³-hybridized carbons (Fsp3) is 0.500. The molecule has 0 heterocycles. The normalized spacial score (nSPS) is 10.4. The molecule has 0 radical (unpaired) electrons. The van der Waals surface area contributed by atoms with Crippen LogP contribution in [0, 0.1) is 0 Å². The van der Waals surface area contributed by atoms with Gasteiger partial charge >= 0.3 is 0 Å². The molecule has 0 atom stereocenters. The van der Waals surface area contributed by atoms with Crippen LogP contribution < -0.4 is 20.6 Å². The summed E-state index contributed by atoms with van der Waals surface area (Å²) in [6, 6.07) is 0. The van der Waals surface area contributed by atoms with Crippen molar-refractivity contribution in [2.24, 2.45) is 0 Å². The van der Waals surface area contributed by atoms with Crippen LogP contribution in [0.3, 0.4) is 0 Å². The molecule has 0 fully saturated rings. The van der Waals surface area contributed by atoms with Crippen molar-refractivity contribution in [3.05, 3.63) is 20.4 Å². The Balaban J connectivity index is 2.68. The largest absolute Gasteiger partial charge is 0.329 e. The van der Waals surface area contributed by atoms with Gasteiger partial charge in [-0.3, -0.25) is 9.59 Å². The van der Waals surface area contributed by atoms with E-state index >= 15 is 0 Å². The van der Waals surface area contributed by atoms with Gasteiger partial charge in [-0.1, -0.05) is 0 Å². The number of hydrogen-bond donors (Lipinski definition) is 0. The Hall–Kier alpha value is -1.40. The lowest BCUT2D eigenvalue weighted by Crippen LogP contribution is -2.34. The van der Waals surface area contributed by atoms with E-state index in [2.05, 4.69) is 19.6 Å². The van der Waals surface area contributed by atoms with Crippen LogP contribution in [0.5, 0.6) is 11.5 Å². The summed E-state index contributed by atoms with van der Waals surface area (Å²) in [4.78, 5) is 39.8. The molecule has 14 heavy (non-hydrogen) atoms. The lowest BCUT2D eigenvalue weighted by atomic mass is 10.2. The van der Waals surface area contributed by atoms with E-state index in [0.29, 0.717) is 0 Å². The Morgan fingerprint density at radius 2 is 1.21 bits per heavy atom. The third-order valence-corrected chi connectivity index (χ3v) is 1.35. The summed E-state index contributed by atoms with van der Waals surface area (Å²) in [5.74, 6) is -0.490. The Labute approximate surface area is 79.5 Å². The van der Waals surface area contributed by atoms with Gasteiger partial charge in [-0.2, -0.15) is 9.78 Å². The second kappa shape index (κ2) is 4.73. The molecule has 0 saturated heterocycles. The molecular weight excluding hydrogens is 192 g/mol. The van der Waals surface area contributed by atoms with Crippen molar-refractivity contribution >= 4 is 0 Å². The van der Waals surface area contributed by atoms with E-state index in [1.807, 2.05) is 0 Å². The van der Waals surface area contributed by atoms with E-state index in [4.69, 9.17) is 0 Å². The molecule has 6 heteroatoms. The fourth-order valence-corrected chi connectivity index (χ4v) is 0.737. The third-order valence-electron chi connectivity index (χ3n) is 1.35. The van der Waals surface area contributed by atoms with Crippen LogP contribution in [0.2, 0.25) is 0 Å². The van der Waals surface area contributed by atoms with Crippen molar-refractivity contribution in [3.63, 3.8) is 0 Å². The first-order valence-electron chi connectivity index (χ1n) is 4.14. The maximum Gasteiger partial charge on any atom is 0.280 e. The predicted octanol–water partition coefficient (Wildman–Crippen LogP) is -0.0568. The van der Waals surface area contributed by atoms with Gasteiger partial charge in [0.1, 0.15) is 0 Å². The minimum absolute atomic E-state index is 0.245. The topological polar surface area (TPSA) is 71.1 Å². The first-order chi connectivity index (χ1) is 6.72. The molecule has 78 valence electrons. The summed E-state index contributed by atoms with van der Waals surface area (Å²) in [6.45, 7) is 3.86. The first kappa shape index (κ1) is 10.7. The monoisotopic (exact) mass is 202 g/mol. The zero-order valence-corrected chi connectivity index (χ0v) is 7.86. The Morgan fingerprint density at radius 3 is 1.50 bits per heavy atom. The maximum atomic E-state index is 10.9. The molecule has 0 aliphatic rings. The quantitative estimate of drug-likeness (QED) is 0.365. The summed E-state index contributed by atoms with van der Waals surface area (Å²) >= 11 is 0. The lowest BCUT2D eigenvalue weighted by Gasteiger charge is -2.08. The van der Waals surface area contributed by atoms with E-state index < -0.39 is 10.9 Å². The highest BCUT2D eigenvalue weighted by Gasteiger charge is 2.26. The van der Waals surface area contributed by atoms with Crippen molar-refractivity contribution in [1.82, 2.24) is 0 Å². The van der Waals surface area contributed by atoms with Gasteiger partial charge in [0.2, 0.25) is 0 Å². The van der Waals surface area contributed by atoms with Crippen LogP contribution in [0.1, 0.15) is 13.8 Å². The average molecular weight is 202 g/mol. The van der Waals surface area contributed by atoms with Crippen molar-refractivity contribution in [3.8, 4) is 11.5 Å². The SMILES string of the molecule is CCOOc1c(OOCC)c(=O)c1=O. The van der Waals surface area contributed by atoms with Gasteiger partial charge in [0.05, 0.1) is 13.2 Å². The molecule has 0 bridgehead atoms. The zero-order chi connectivity index (χ0) is 10.6. The van der Waals surface area contributed by atoms with E-state index in [-0.39, 0.29) is 24.7 Å². The smallest absolute Gasteiger partial charge is 0.280 e. The van der Waals surface area contributed by atoms with Crippen molar-refractivity contribution in [2.75, 3.05) is 13.2 Å². The minimum atomic E-state index is -0.770. The summed E-state index contributed by atoms with van der Waals surface area (Å²) in [6.07, 6.45) is 0. The molecule has 0 N–H and O–H groups in total. The number of rotatable bonds is 6. The summed E-state index contributed by atoms with van der Waals surface area (Å²) < 4.78 is 0. The fourth-order valence-electron chi connectivity index (χ4n) is 0.737. The van der Waals surface area contributed by atoms with Crippen molar-refractivity contribution < 1.29 is 19.6 Å². The van der Waals surface area contributed by atoms with Gasteiger partial charge in [0, 0.05) is 0 Å². The second-order valence-electron chi connectivity index (χ2n) is 2.30. The van der Waals surface area contributed by atoms with E-state index in [1.165, 1.54) is 0 Å². The molecule has 0 unspecified atom stereocenters. The highest BCUT2D eigenvalue weighted by molar-refractivity contribution is 5.45. The van der Waals surface area contributed by atoms with Gasteiger partial charge in [0.25, 0.3) is 22.4 Å². The minimum Gasteiger partial charge on any atom is -0.329 e. The van der Waals surface area contributed by atoms with Crippen LogP contribution in [-0.2, 0) is 9.78 Å². The molecule has 0 amide bonds. The highest BCUT2D eigenvalue weighted by Crippen LogP contribution is 2.20. The molecule has 0 aromatic heterocycles. The Morgan fingerprint density at radius 1 is 0.857 bits per heavy atom. The van der Waals surface area contributed by atoms with Gasteiger partial charge in [-0.15, -0.1) is 0 Å². The highest BCUT2D eigenvalue weighted by atomic mass is 17.2. The molecule has 0 spiro atoms. The van der Waals surface area contributed by atoms with Crippen molar-refractivity contribution in [2.45, 2.75) is 13.8 Å². The maximum absolute atomic E-state index is 10.9. The standard InChI is InChI=1S/C8H10O6/c1-3-11-13-7-5(9)6(10)8(7)14-12-4-2/h3-4H2,1-2H3. The van der Waals surface area contributed by atoms with Gasteiger partial charge in [-0.05, 0) is 13.8 Å². The molecular formula is C8H10O6. The zero-order valence-electron chi connectivity index (χ0n) is 7.86. The Bertz CT molecular complexity index is 326. The number of hydrogen-bond acceptors (Lipinski definition) is 6. The van der Waals surface area contributed by atoms with Crippen LogP contribution in [0.4, 0.5) is 0 Å². The van der Waals surface area contributed by atoms with Gasteiger partial charge < -0.3 is 9.78 Å². The molecule has 0 aliphatic heterocycles. The molecule has 0 saturated carbocycles. The molecule has 0 aliphatic carbocycles. The van der Waals surface area contributed by atoms with Gasteiger partial charge in [0.15, 0.2) is 0 Å². The van der Waals surface area contributed by atoms with Crippen LogP contribution in [0.25, 0.3) is 0 Å². The third kappa shape index (κ3) is 1.91. The summed E-state index contributed by atoms with van der Waals surface area (Å²) in [5.41, 5.74) is -1.54. The summed E-state index contributed by atoms with van der Waals surface area (Å²) in [7, 11) is 0. The van der Waals surface area contributed by atoms with E-state index in [1.54, 1.807) is 13.8 Å². The first-order valence-corrected chi connectivity index (χ1v) is 4.14. The second-order valence-corrected chi connectivity index (χ2v) is 2.30. The van der Waals surface area contributed by atoms with Gasteiger partial charge in [-0.25, -0.2) is 0 Å². The van der Waals surface area contributed by atoms with Crippen LogP contribution in [-0.4, -0.2) is 13.2 Å². The Kier molecular flexibility index (Phi) is 3.61. The molecule has 1 rings (SSSR count). The van der Waals surface area contributed by atoms with E-state index in [9.17, 15) is 9.59 Å². The van der Waals surface area contributed by atoms with Crippen LogP contribution in [0.15, 0.2) is 9.59 Å².